The molecule has 0 aliphatic heterocycles. The number of aryl methyl sites for hydroxylation is 1. The van der Waals surface area contributed by atoms with E-state index in [1.54, 1.807) is 0 Å². The first-order chi connectivity index (χ1) is 9.13. The van der Waals surface area contributed by atoms with E-state index in [1.165, 1.54) is 18.4 Å². The van der Waals surface area contributed by atoms with Crippen LogP contribution in [0.15, 0.2) is 18.5 Å². The minimum absolute atomic E-state index is 0.452. The Morgan fingerprint density at radius 3 is 2.74 bits per heavy atom. The summed E-state index contributed by atoms with van der Waals surface area (Å²) in [7, 11) is 0. The zero-order chi connectivity index (χ0) is 13.8. The zero-order valence-electron chi connectivity index (χ0n) is 11.9. The molecule has 2 aromatic heterocycles. The van der Waals surface area contributed by atoms with E-state index in [1.807, 2.05) is 18.5 Å². The minimum Gasteiger partial charge on any atom is -0.325 e. The van der Waals surface area contributed by atoms with E-state index in [2.05, 4.69) is 35.3 Å². The SMILES string of the molecule is CC(C)CCC(C)n1c(CCCl)nc2cnccc21. The summed E-state index contributed by atoms with van der Waals surface area (Å²) in [6, 6.07) is 2.50. The van der Waals surface area contributed by atoms with Gasteiger partial charge in [-0.1, -0.05) is 13.8 Å². The molecule has 3 nitrogen and oxygen atoms in total. The number of halogens is 1. The van der Waals surface area contributed by atoms with Crippen LogP contribution in [-0.4, -0.2) is 20.4 Å². The Kier molecular flexibility index (Phi) is 4.81. The van der Waals surface area contributed by atoms with Crippen molar-refractivity contribution in [2.75, 3.05) is 5.88 Å². The third-order valence-corrected chi connectivity index (χ3v) is 3.67. The largest absolute Gasteiger partial charge is 0.325 e. The van der Waals surface area contributed by atoms with Gasteiger partial charge < -0.3 is 4.57 Å². The molecule has 2 aromatic rings. The topological polar surface area (TPSA) is 30.7 Å². The third kappa shape index (κ3) is 3.27. The maximum Gasteiger partial charge on any atom is 0.111 e. The number of alkyl halides is 1. The van der Waals surface area contributed by atoms with E-state index >= 15 is 0 Å². The van der Waals surface area contributed by atoms with E-state index in [0.717, 1.165) is 23.7 Å². The first-order valence-corrected chi connectivity index (χ1v) is 7.53. The molecule has 4 heteroatoms. The van der Waals surface area contributed by atoms with Crippen LogP contribution in [0.5, 0.6) is 0 Å². The van der Waals surface area contributed by atoms with Crippen molar-refractivity contribution in [3.8, 4) is 0 Å². The maximum absolute atomic E-state index is 5.90. The number of hydrogen-bond donors (Lipinski definition) is 0. The Bertz CT molecular complexity index is 533. The maximum atomic E-state index is 5.90. The van der Waals surface area contributed by atoms with Crippen molar-refractivity contribution >= 4 is 22.6 Å². The molecule has 0 aromatic carbocycles. The van der Waals surface area contributed by atoms with Crippen molar-refractivity contribution in [1.29, 1.82) is 0 Å². The molecule has 19 heavy (non-hydrogen) atoms. The number of imidazole rings is 1. The van der Waals surface area contributed by atoms with Gasteiger partial charge in [-0.15, -0.1) is 11.6 Å². The molecule has 104 valence electrons. The van der Waals surface area contributed by atoms with Crippen LogP contribution in [0.4, 0.5) is 0 Å². The molecule has 2 rings (SSSR count). The average Bonchev–Trinajstić information content (AvgIpc) is 2.74. The van der Waals surface area contributed by atoms with Crippen LogP contribution in [0.3, 0.4) is 0 Å². The number of aromatic nitrogens is 3. The molecule has 0 spiro atoms. The van der Waals surface area contributed by atoms with Crippen molar-refractivity contribution < 1.29 is 0 Å². The summed E-state index contributed by atoms with van der Waals surface area (Å²) >= 11 is 5.90. The molecule has 0 bridgehead atoms. The smallest absolute Gasteiger partial charge is 0.111 e. The van der Waals surface area contributed by atoms with Crippen LogP contribution in [0.25, 0.3) is 11.0 Å². The lowest BCUT2D eigenvalue weighted by Gasteiger charge is -2.18. The number of fused-ring (bicyclic) bond motifs is 1. The highest BCUT2D eigenvalue weighted by atomic mass is 35.5. The van der Waals surface area contributed by atoms with Crippen LogP contribution in [-0.2, 0) is 6.42 Å². The molecule has 0 aliphatic carbocycles. The summed E-state index contributed by atoms with van der Waals surface area (Å²) in [5.74, 6) is 2.41. The van der Waals surface area contributed by atoms with Crippen LogP contribution >= 0.6 is 11.6 Å². The van der Waals surface area contributed by atoms with Crippen molar-refractivity contribution in [2.24, 2.45) is 5.92 Å². The summed E-state index contributed by atoms with van der Waals surface area (Å²) in [4.78, 5) is 8.82. The molecule has 0 radical (unpaired) electrons. The lowest BCUT2D eigenvalue weighted by atomic mass is 10.0. The molecule has 0 amide bonds. The summed E-state index contributed by atoms with van der Waals surface area (Å²) in [5, 5.41) is 0. The molecule has 2 heterocycles. The molecule has 0 saturated heterocycles. The predicted octanol–water partition coefficient (Wildman–Crippen LogP) is 4.21. The molecular formula is C15H22ClN3. The van der Waals surface area contributed by atoms with Gasteiger partial charge in [-0.3, -0.25) is 4.98 Å². The highest BCUT2D eigenvalue weighted by Crippen LogP contribution is 2.25. The fraction of sp³-hybridized carbons (Fsp3) is 0.600. The Hall–Kier alpha value is -1.09. The second-order valence-corrected chi connectivity index (χ2v) is 5.90. The number of nitrogens with zero attached hydrogens (tertiary/aromatic N) is 3. The second kappa shape index (κ2) is 6.38. The van der Waals surface area contributed by atoms with Gasteiger partial charge in [-0.25, -0.2) is 4.98 Å². The van der Waals surface area contributed by atoms with Crippen molar-refractivity contribution in [2.45, 2.75) is 46.1 Å². The molecule has 0 fully saturated rings. The van der Waals surface area contributed by atoms with Crippen molar-refractivity contribution in [3.63, 3.8) is 0 Å². The lowest BCUT2D eigenvalue weighted by molar-refractivity contribution is 0.438. The second-order valence-electron chi connectivity index (χ2n) is 5.52. The standard InChI is InChI=1S/C15H22ClN3/c1-11(2)4-5-12(3)19-14-7-9-17-10-13(14)18-15(19)6-8-16/h7,9-12H,4-6,8H2,1-3H3. The molecule has 0 aliphatic rings. The molecule has 0 N–H and O–H groups in total. The Morgan fingerprint density at radius 2 is 2.05 bits per heavy atom. The summed E-state index contributed by atoms with van der Waals surface area (Å²) in [6.45, 7) is 6.80. The highest BCUT2D eigenvalue weighted by Gasteiger charge is 2.15. The van der Waals surface area contributed by atoms with E-state index in [0.29, 0.717) is 11.9 Å². The first-order valence-electron chi connectivity index (χ1n) is 7.00. The number of rotatable bonds is 6. The Labute approximate surface area is 120 Å². The van der Waals surface area contributed by atoms with E-state index in [4.69, 9.17) is 11.6 Å². The van der Waals surface area contributed by atoms with Crippen LogP contribution in [0, 0.1) is 5.92 Å². The molecular weight excluding hydrogens is 258 g/mol. The highest BCUT2D eigenvalue weighted by molar-refractivity contribution is 6.17. The minimum atomic E-state index is 0.452. The molecule has 1 atom stereocenters. The van der Waals surface area contributed by atoms with Crippen LogP contribution in [0.1, 0.15) is 45.5 Å². The van der Waals surface area contributed by atoms with Crippen molar-refractivity contribution in [1.82, 2.24) is 14.5 Å². The van der Waals surface area contributed by atoms with Crippen molar-refractivity contribution in [3.05, 3.63) is 24.3 Å². The molecule has 0 saturated carbocycles. The van der Waals surface area contributed by atoms with Gasteiger partial charge in [0, 0.05) is 24.5 Å². The summed E-state index contributed by atoms with van der Waals surface area (Å²) < 4.78 is 2.34. The summed E-state index contributed by atoms with van der Waals surface area (Å²) in [5.41, 5.74) is 2.14. The monoisotopic (exact) mass is 279 g/mol. The van der Waals surface area contributed by atoms with Gasteiger partial charge in [0.15, 0.2) is 0 Å². The average molecular weight is 280 g/mol. The van der Waals surface area contributed by atoms with Gasteiger partial charge in [0.1, 0.15) is 11.3 Å². The van der Waals surface area contributed by atoms with E-state index in [9.17, 15) is 0 Å². The van der Waals surface area contributed by atoms with E-state index < -0.39 is 0 Å². The van der Waals surface area contributed by atoms with Gasteiger partial charge in [0.05, 0.1) is 11.7 Å². The van der Waals surface area contributed by atoms with Gasteiger partial charge in [0.25, 0.3) is 0 Å². The van der Waals surface area contributed by atoms with Crippen LogP contribution < -0.4 is 0 Å². The predicted molar refractivity (Wildman–Crippen MR) is 80.7 cm³/mol. The third-order valence-electron chi connectivity index (χ3n) is 3.49. The Balaban J connectivity index is 2.35. The van der Waals surface area contributed by atoms with Gasteiger partial charge >= 0.3 is 0 Å². The summed E-state index contributed by atoms with van der Waals surface area (Å²) in [6.07, 6.45) is 6.87. The fourth-order valence-electron chi connectivity index (χ4n) is 2.46. The fourth-order valence-corrected chi connectivity index (χ4v) is 2.63. The lowest BCUT2D eigenvalue weighted by Crippen LogP contribution is -2.11. The van der Waals surface area contributed by atoms with Gasteiger partial charge in [-0.2, -0.15) is 0 Å². The normalized spacial score (nSPS) is 13.3. The van der Waals surface area contributed by atoms with Crippen LogP contribution in [0.2, 0.25) is 0 Å². The Morgan fingerprint density at radius 1 is 1.26 bits per heavy atom. The van der Waals surface area contributed by atoms with E-state index in [-0.39, 0.29) is 0 Å². The van der Waals surface area contributed by atoms with Gasteiger partial charge in [-0.05, 0) is 31.7 Å². The molecule has 1 unspecified atom stereocenters. The van der Waals surface area contributed by atoms with Gasteiger partial charge in [0.2, 0.25) is 0 Å². The zero-order valence-corrected chi connectivity index (χ0v) is 12.7. The first kappa shape index (κ1) is 14.3. The quantitative estimate of drug-likeness (QED) is 0.742. The number of hydrogen-bond acceptors (Lipinski definition) is 2. The number of pyridine rings is 1.